The molecular formula is C11H12N2O. The van der Waals surface area contributed by atoms with Crippen molar-refractivity contribution < 1.29 is 4.79 Å². The molecular weight excluding hydrogens is 176 g/mol. The molecule has 0 unspecified atom stereocenters. The van der Waals surface area contributed by atoms with E-state index in [1.807, 2.05) is 12.1 Å². The molecule has 14 heavy (non-hydrogen) atoms. The summed E-state index contributed by atoms with van der Waals surface area (Å²) in [5.41, 5.74) is 1.99. The second-order valence-corrected chi connectivity index (χ2v) is 3.35. The molecule has 0 atom stereocenters. The van der Waals surface area contributed by atoms with Gasteiger partial charge < -0.3 is 5.32 Å². The molecule has 0 bridgehead atoms. The predicted octanol–water partition coefficient (Wildman–Crippen LogP) is 2.13. The Kier molecular flexibility index (Phi) is 2.58. The lowest BCUT2D eigenvalue weighted by Gasteiger charge is -2.13. The molecule has 0 aliphatic heterocycles. The average Bonchev–Trinajstić information content (AvgIpc) is 2.19. The molecule has 3 heteroatoms. The summed E-state index contributed by atoms with van der Waals surface area (Å²) in [5, 5.41) is 3.21. The van der Waals surface area contributed by atoms with Gasteiger partial charge >= 0.3 is 0 Å². The highest BCUT2D eigenvalue weighted by atomic mass is 16.1. The van der Waals surface area contributed by atoms with Crippen molar-refractivity contribution in [2.45, 2.75) is 19.3 Å². The lowest BCUT2D eigenvalue weighted by atomic mass is 10.0. The molecule has 1 aromatic rings. The predicted molar refractivity (Wildman–Crippen MR) is 54.8 cm³/mol. The molecule has 0 radical (unpaired) electrons. The van der Waals surface area contributed by atoms with E-state index in [2.05, 4.69) is 10.3 Å². The highest BCUT2D eigenvalue weighted by molar-refractivity contribution is 5.91. The molecule has 0 amide bonds. The van der Waals surface area contributed by atoms with Crippen molar-refractivity contribution in [1.29, 1.82) is 0 Å². The van der Waals surface area contributed by atoms with Crippen molar-refractivity contribution in [3.05, 3.63) is 36.3 Å². The monoisotopic (exact) mass is 188 g/mol. The van der Waals surface area contributed by atoms with Gasteiger partial charge in [0, 0.05) is 36.3 Å². The molecule has 3 nitrogen and oxygen atoms in total. The van der Waals surface area contributed by atoms with Gasteiger partial charge in [-0.1, -0.05) is 0 Å². The number of pyridine rings is 1. The summed E-state index contributed by atoms with van der Waals surface area (Å²) in [6.07, 6.45) is 7.74. The van der Waals surface area contributed by atoms with E-state index in [-0.39, 0.29) is 5.78 Å². The second kappa shape index (κ2) is 4.05. The molecule has 0 spiro atoms. The minimum Gasteiger partial charge on any atom is -0.359 e. The fraction of sp³-hybridized carbons (Fsp3) is 0.273. The number of nitrogens with zero attached hydrogens (tertiary/aromatic N) is 1. The molecule has 1 heterocycles. The second-order valence-electron chi connectivity index (χ2n) is 3.35. The average molecular weight is 188 g/mol. The summed E-state index contributed by atoms with van der Waals surface area (Å²) >= 11 is 0. The minimum atomic E-state index is 0.216. The Hall–Kier alpha value is -1.64. The highest BCUT2D eigenvalue weighted by Crippen LogP contribution is 2.17. The third-order valence-electron chi connectivity index (χ3n) is 2.19. The van der Waals surface area contributed by atoms with Crippen LogP contribution >= 0.6 is 0 Å². The van der Waals surface area contributed by atoms with Gasteiger partial charge in [0.2, 0.25) is 0 Å². The van der Waals surface area contributed by atoms with Gasteiger partial charge in [0.05, 0.1) is 0 Å². The van der Waals surface area contributed by atoms with Gasteiger partial charge in [-0.05, 0) is 25.0 Å². The zero-order valence-electron chi connectivity index (χ0n) is 7.86. The van der Waals surface area contributed by atoms with Crippen LogP contribution in [0.1, 0.15) is 19.3 Å². The maximum Gasteiger partial charge on any atom is 0.157 e. The van der Waals surface area contributed by atoms with Gasteiger partial charge in [-0.15, -0.1) is 0 Å². The zero-order chi connectivity index (χ0) is 9.80. The van der Waals surface area contributed by atoms with E-state index in [9.17, 15) is 4.79 Å². The molecule has 2 rings (SSSR count). The molecule has 0 aromatic carbocycles. The van der Waals surface area contributed by atoms with Crippen LogP contribution < -0.4 is 5.32 Å². The quantitative estimate of drug-likeness (QED) is 0.773. The third-order valence-corrected chi connectivity index (χ3v) is 2.19. The summed E-state index contributed by atoms with van der Waals surface area (Å²) in [6, 6.07) is 3.78. The lowest BCUT2D eigenvalue weighted by molar-refractivity contribution is -0.115. The standard InChI is InChI=1S/C11H12N2O/c14-11-3-1-2-10(8-11)13-9-4-6-12-7-5-9/h4-8H,1-3H2,(H,12,13). The van der Waals surface area contributed by atoms with Crippen LogP contribution in [0.3, 0.4) is 0 Å². The third kappa shape index (κ3) is 2.19. The molecule has 1 aromatic heterocycles. The Balaban J connectivity index is 2.08. The van der Waals surface area contributed by atoms with Gasteiger partial charge in [0.25, 0.3) is 0 Å². The van der Waals surface area contributed by atoms with E-state index in [4.69, 9.17) is 0 Å². The van der Waals surface area contributed by atoms with E-state index in [1.165, 1.54) is 0 Å². The van der Waals surface area contributed by atoms with Crippen molar-refractivity contribution in [3.8, 4) is 0 Å². The molecule has 0 saturated heterocycles. The minimum absolute atomic E-state index is 0.216. The number of carbonyl (C=O) groups is 1. The number of carbonyl (C=O) groups excluding carboxylic acids is 1. The normalized spacial score (nSPS) is 16.3. The maximum atomic E-state index is 11.1. The van der Waals surface area contributed by atoms with E-state index in [0.717, 1.165) is 24.2 Å². The van der Waals surface area contributed by atoms with Crippen LogP contribution in [-0.4, -0.2) is 10.8 Å². The van der Waals surface area contributed by atoms with Crippen LogP contribution in [0.25, 0.3) is 0 Å². The number of allylic oxidation sites excluding steroid dienone is 2. The van der Waals surface area contributed by atoms with Crippen LogP contribution in [0.2, 0.25) is 0 Å². The van der Waals surface area contributed by atoms with Crippen molar-refractivity contribution in [1.82, 2.24) is 4.98 Å². The van der Waals surface area contributed by atoms with Crippen LogP contribution in [0.15, 0.2) is 36.3 Å². The number of ketones is 1. The van der Waals surface area contributed by atoms with Gasteiger partial charge in [-0.3, -0.25) is 9.78 Å². The SMILES string of the molecule is O=C1C=C(Nc2ccncc2)CCC1. The molecule has 1 N–H and O–H groups in total. The Bertz CT molecular complexity index is 357. The Morgan fingerprint density at radius 3 is 2.71 bits per heavy atom. The fourth-order valence-electron chi connectivity index (χ4n) is 1.51. The van der Waals surface area contributed by atoms with E-state index in [0.29, 0.717) is 6.42 Å². The lowest BCUT2D eigenvalue weighted by Crippen LogP contribution is -2.08. The van der Waals surface area contributed by atoms with Crippen molar-refractivity contribution in [2.75, 3.05) is 5.32 Å². The first-order valence-electron chi connectivity index (χ1n) is 4.75. The Morgan fingerprint density at radius 1 is 1.21 bits per heavy atom. The number of rotatable bonds is 2. The van der Waals surface area contributed by atoms with Crippen LogP contribution in [0, 0.1) is 0 Å². The molecule has 1 aliphatic rings. The van der Waals surface area contributed by atoms with E-state index < -0.39 is 0 Å². The highest BCUT2D eigenvalue weighted by Gasteiger charge is 2.09. The van der Waals surface area contributed by atoms with Crippen LogP contribution in [0.5, 0.6) is 0 Å². The molecule has 0 fully saturated rings. The van der Waals surface area contributed by atoms with Crippen molar-refractivity contribution in [3.63, 3.8) is 0 Å². The number of aromatic nitrogens is 1. The summed E-state index contributed by atoms with van der Waals surface area (Å²) in [7, 11) is 0. The largest absolute Gasteiger partial charge is 0.359 e. The smallest absolute Gasteiger partial charge is 0.157 e. The maximum absolute atomic E-state index is 11.1. The van der Waals surface area contributed by atoms with Gasteiger partial charge in [0.15, 0.2) is 5.78 Å². The van der Waals surface area contributed by atoms with E-state index in [1.54, 1.807) is 18.5 Å². The van der Waals surface area contributed by atoms with Gasteiger partial charge in [-0.25, -0.2) is 0 Å². The fourth-order valence-corrected chi connectivity index (χ4v) is 1.51. The van der Waals surface area contributed by atoms with E-state index >= 15 is 0 Å². The van der Waals surface area contributed by atoms with Gasteiger partial charge in [-0.2, -0.15) is 0 Å². The summed E-state index contributed by atoms with van der Waals surface area (Å²) in [4.78, 5) is 15.1. The Morgan fingerprint density at radius 2 is 2.00 bits per heavy atom. The first-order chi connectivity index (χ1) is 6.84. The molecule has 1 aliphatic carbocycles. The first kappa shape index (κ1) is 8.94. The zero-order valence-corrected chi connectivity index (χ0v) is 7.86. The summed E-state index contributed by atoms with van der Waals surface area (Å²) in [6.45, 7) is 0. The number of hydrogen-bond acceptors (Lipinski definition) is 3. The number of nitrogens with one attached hydrogen (secondary N) is 1. The van der Waals surface area contributed by atoms with Crippen molar-refractivity contribution in [2.24, 2.45) is 0 Å². The first-order valence-corrected chi connectivity index (χ1v) is 4.75. The number of hydrogen-bond donors (Lipinski definition) is 1. The summed E-state index contributed by atoms with van der Waals surface area (Å²) in [5.74, 6) is 0.216. The Labute approximate surface area is 82.9 Å². The van der Waals surface area contributed by atoms with Crippen LogP contribution in [0.4, 0.5) is 5.69 Å². The van der Waals surface area contributed by atoms with Gasteiger partial charge in [0.1, 0.15) is 0 Å². The molecule has 72 valence electrons. The topological polar surface area (TPSA) is 42.0 Å². The molecule has 0 saturated carbocycles. The van der Waals surface area contributed by atoms with Crippen molar-refractivity contribution >= 4 is 11.5 Å². The summed E-state index contributed by atoms with van der Waals surface area (Å²) < 4.78 is 0. The van der Waals surface area contributed by atoms with Crippen LogP contribution in [-0.2, 0) is 4.79 Å². The number of anilines is 1.